The molecule has 1 fully saturated rings. The van der Waals surface area contributed by atoms with Crippen molar-refractivity contribution in [3.63, 3.8) is 0 Å². The van der Waals surface area contributed by atoms with Gasteiger partial charge in [0.25, 0.3) is 0 Å². The summed E-state index contributed by atoms with van der Waals surface area (Å²) < 4.78 is 24.6. The van der Waals surface area contributed by atoms with Gasteiger partial charge < -0.3 is 25.2 Å². The molecule has 1 aliphatic heterocycles. The second kappa shape index (κ2) is 11.6. The van der Waals surface area contributed by atoms with Crippen molar-refractivity contribution >= 4 is 17.7 Å². The summed E-state index contributed by atoms with van der Waals surface area (Å²) in [5.41, 5.74) is 1.64. The van der Waals surface area contributed by atoms with Crippen molar-refractivity contribution in [2.24, 2.45) is 0 Å². The molecule has 1 aliphatic carbocycles. The predicted octanol–water partition coefficient (Wildman–Crippen LogP) is 3.01. The van der Waals surface area contributed by atoms with E-state index >= 15 is 0 Å². The maximum Gasteiger partial charge on any atom is 0.326 e. The van der Waals surface area contributed by atoms with Crippen LogP contribution in [0.5, 0.6) is 5.88 Å². The van der Waals surface area contributed by atoms with E-state index in [9.17, 15) is 19.1 Å². The van der Waals surface area contributed by atoms with Gasteiger partial charge in [-0.3, -0.25) is 4.79 Å². The summed E-state index contributed by atoms with van der Waals surface area (Å²) >= 11 is 0. The van der Waals surface area contributed by atoms with Gasteiger partial charge in [-0.15, -0.1) is 0 Å². The van der Waals surface area contributed by atoms with E-state index in [-0.39, 0.29) is 18.9 Å². The van der Waals surface area contributed by atoms with Crippen LogP contribution in [0.2, 0.25) is 0 Å². The molecule has 2 aromatic rings. The van der Waals surface area contributed by atoms with Gasteiger partial charge in [-0.1, -0.05) is 6.07 Å². The van der Waals surface area contributed by atoms with Crippen LogP contribution in [0, 0.1) is 5.82 Å². The number of methoxy groups -OCH3 is 1. The van der Waals surface area contributed by atoms with Crippen molar-refractivity contribution < 1.29 is 28.6 Å². The lowest BCUT2D eigenvalue weighted by Gasteiger charge is -2.21. The Kier molecular flexibility index (Phi) is 8.35. The number of amides is 1. The molecule has 2 aromatic heterocycles. The summed E-state index contributed by atoms with van der Waals surface area (Å²) in [6.07, 6.45) is 6.89. The number of rotatable bonds is 13. The molecular weight excluding hydrogens is 467 g/mol. The number of carboxylic acids is 1. The first-order valence-electron chi connectivity index (χ1n) is 12.5. The van der Waals surface area contributed by atoms with Crippen LogP contribution in [0.25, 0.3) is 0 Å². The molecule has 2 aliphatic rings. The number of fused-ring (bicyclic) bond motifs is 1. The molecule has 0 spiro atoms. The Balaban J connectivity index is 1.20. The highest BCUT2D eigenvalue weighted by Gasteiger charge is 2.54. The number of aromatic nitrogens is 2. The van der Waals surface area contributed by atoms with E-state index in [1.165, 1.54) is 18.7 Å². The number of pyridine rings is 2. The largest absolute Gasteiger partial charge is 0.481 e. The minimum absolute atomic E-state index is 0.133. The quantitative estimate of drug-likeness (QED) is 0.359. The number of unbranched alkanes of at least 4 members (excludes halogenated alkanes) is 1. The molecule has 194 valence electrons. The Bertz CT molecular complexity index is 1090. The summed E-state index contributed by atoms with van der Waals surface area (Å²) in [4.78, 5) is 33.3. The van der Waals surface area contributed by atoms with Crippen molar-refractivity contribution in [3.8, 4) is 5.88 Å². The first-order chi connectivity index (χ1) is 17.4. The van der Waals surface area contributed by atoms with E-state index in [1.54, 1.807) is 0 Å². The number of aliphatic carboxylic acids is 1. The predicted molar refractivity (Wildman–Crippen MR) is 131 cm³/mol. The Morgan fingerprint density at radius 3 is 2.86 bits per heavy atom. The Labute approximate surface area is 209 Å². The smallest absolute Gasteiger partial charge is 0.326 e. The monoisotopic (exact) mass is 500 g/mol. The average molecular weight is 501 g/mol. The maximum absolute atomic E-state index is 13.8. The molecule has 1 amide bonds. The third-order valence-electron chi connectivity index (χ3n) is 6.79. The number of aryl methyl sites for hydroxylation is 2. The number of nitrogens with one attached hydrogen (secondary N) is 2. The molecule has 0 aromatic carbocycles. The van der Waals surface area contributed by atoms with Gasteiger partial charge in [-0.05, 0) is 62.6 Å². The summed E-state index contributed by atoms with van der Waals surface area (Å²) in [5.74, 6) is -1.02. The molecule has 3 N–H and O–H groups in total. The molecule has 4 rings (SSSR count). The summed E-state index contributed by atoms with van der Waals surface area (Å²) in [6, 6.07) is 4.35. The Morgan fingerprint density at radius 1 is 1.28 bits per heavy atom. The lowest BCUT2D eigenvalue weighted by Crippen LogP contribution is -2.46. The molecule has 0 bridgehead atoms. The highest BCUT2D eigenvalue weighted by atomic mass is 19.1. The van der Waals surface area contributed by atoms with Crippen molar-refractivity contribution in [2.45, 2.75) is 62.8 Å². The van der Waals surface area contributed by atoms with Crippen LogP contribution in [0.1, 0.15) is 55.3 Å². The maximum atomic E-state index is 13.8. The molecule has 36 heavy (non-hydrogen) atoms. The van der Waals surface area contributed by atoms with Gasteiger partial charge in [0.2, 0.25) is 11.8 Å². The number of anilines is 1. The molecular formula is C26H33FN4O5. The zero-order valence-corrected chi connectivity index (χ0v) is 20.5. The average Bonchev–Trinajstić information content (AvgIpc) is 3.69. The molecule has 9 nitrogen and oxygen atoms in total. The van der Waals surface area contributed by atoms with Gasteiger partial charge >= 0.3 is 5.97 Å². The minimum Gasteiger partial charge on any atom is -0.481 e. The molecule has 0 radical (unpaired) electrons. The fraction of sp³-hybridized carbons (Fsp3) is 0.538. The summed E-state index contributed by atoms with van der Waals surface area (Å²) in [5, 5.41) is 15.5. The van der Waals surface area contributed by atoms with Gasteiger partial charge in [-0.2, -0.15) is 0 Å². The van der Waals surface area contributed by atoms with Crippen LogP contribution in [0.3, 0.4) is 0 Å². The third kappa shape index (κ3) is 6.10. The standard InChI is InChI=1S/C26H33FN4O5/c1-35-23-20(15-18(27)16-29-23)26(10-11-26)25(34)31-21(24(32)33)9-14-36-13-3-2-6-19-8-7-17-5-4-12-28-22(17)30-19/h7-8,15-16,21H,2-6,9-14H2,1H3,(H,28,30)(H,31,34)(H,32,33). The SMILES string of the molecule is COc1ncc(F)cc1C1(C(=O)NC(CCOCCCCc2ccc3c(n2)NCCC3)C(=O)O)CC1. The van der Waals surface area contributed by atoms with Crippen molar-refractivity contribution in [1.82, 2.24) is 15.3 Å². The van der Waals surface area contributed by atoms with E-state index in [0.29, 0.717) is 25.0 Å². The molecule has 1 unspecified atom stereocenters. The lowest BCUT2D eigenvalue weighted by molar-refractivity contribution is -0.142. The van der Waals surface area contributed by atoms with Crippen LogP contribution in [-0.2, 0) is 32.6 Å². The number of halogens is 1. The van der Waals surface area contributed by atoms with Gasteiger partial charge in [0, 0.05) is 37.4 Å². The molecule has 0 saturated heterocycles. The van der Waals surface area contributed by atoms with Gasteiger partial charge in [0.05, 0.1) is 18.7 Å². The van der Waals surface area contributed by atoms with Crippen LogP contribution < -0.4 is 15.4 Å². The van der Waals surface area contributed by atoms with Gasteiger partial charge in [0.1, 0.15) is 17.7 Å². The number of carbonyl (C=O) groups is 2. The van der Waals surface area contributed by atoms with Crippen LogP contribution >= 0.6 is 0 Å². The Morgan fingerprint density at radius 2 is 2.11 bits per heavy atom. The normalized spacial score (nSPS) is 16.4. The van der Waals surface area contributed by atoms with E-state index in [0.717, 1.165) is 56.4 Å². The van der Waals surface area contributed by atoms with E-state index in [1.807, 2.05) is 0 Å². The topological polar surface area (TPSA) is 123 Å². The van der Waals surface area contributed by atoms with Crippen molar-refractivity contribution in [3.05, 3.63) is 47.0 Å². The molecule has 1 saturated carbocycles. The molecule has 1 atom stereocenters. The van der Waals surface area contributed by atoms with E-state index in [4.69, 9.17) is 9.47 Å². The van der Waals surface area contributed by atoms with Crippen LogP contribution in [0.15, 0.2) is 24.4 Å². The first kappa shape index (κ1) is 25.8. The van der Waals surface area contributed by atoms with Gasteiger partial charge in [-0.25, -0.2) is 19.2 Å². The number of hydrogen-bond acceptors (Lipinski definition) is 7. The zero-order valence-electron chi connectivity index (χ0n) is 20.5. The fourth-order valence-corrected chi connectivity index (χ4v) is 4.55. The minimum atomic E-state index is -1.14. The zero-order chi connectivity index (χ0) is 25.5. The lowest BCUT2D eigenvalue weighted by atomic mass is 9.95. The van der Waals surface area contributed by atoms with Gasteiger partial charge in [0.15, 0.2) is 0 Å². The number of carbonyl (C=O) groups excluding carboxylic acids is 1. The number of nitrogens with zero attached hydrogens (tertiary/aromatic N) is 2. The number of carboxylic acid groups (broad SMARTS) is 1. The number of ether oxygens (including phenoxy) is 2. The highest BCUT2D eigenvalue weighted by Crippen LogP contribution is 2.51. The fourth-order valence-electron chi connectivity index (χ4n) is 4.55. The highest BCUT2D eigenvalue weighted by molar-refractivity contribution is 5.94. The first-order valence-corrected chi connectivity index (χ1v) is 12.5. The molecule has 3 heterocycles. The van der Waals surface area contributed by atoms with Crippen LogP contribution in [-0.4, -0.2) is 59.9 Å². The Hall–Kier alpha value is -3.27. The molecule has 10 heteroatoms. The summed E-state index contributed by atoms with van der Waals surface area (Å²) in [6.45, 7) is 1.67. The van der Waals surface area contributed by atoms with E-state index in [2.05, 4.69) is 32.7 Å². The van der Waals surface area contributed by atoms with E-state index < -0.39 is 29.2 Å². The van der Waals surface area contributed by atoms with Crippen molar-refractivity contribution in [1.29, 1.82) is 0 Å². The number of hydrogen-bond donors (Lipinski definition) is 3. The summed E-state index contributed by atoms with van der Waals surface area (Å²) in [7, 11) is 1.40. The van der Waals surface area contributed by atoms with Crippen molar-refractivity contribution in [2.75, 3.05) is 32.2 Å². The second-order valence-electron chi connectivity index (χ2n) is 9.36. The second-order valence-corrected chi connectivity index (χ2v) is 9.36. The van der Waals surface area contributed by atoms with Crippen LogP contribution in [0.4, 0.5) is 10.2 Å². The third-order valence-corrected chi connectivity index (χ3v) is 6.79.